The van der Waals surface area contributed by atoms with Gasteiger partial charge in [-0.1, -0.05) is 36.4 Å². The summed E-state index contributed by atoms with van der Waals surface area (Å²) in [4.78, 5) is 24.4. The molecule has 0 unspecified atom stereocenters. The van der Waals surface area contributed by atoms with Crippen LogP contribution >= 0.6 is 0 Å². The third kappa shape index (κ3) is 5.28. The number of carbonyl (C=O) groups is 2. The van der Waals surface area contributed by atoms with E-state index in [0.29, 0.717) is 11.3 Å². The van der Waals surface area contributed by atoms with E-state index in [4.69, 9.17) is 4.74 Å². The van der Waals surface area contributed by atoms with Gasteiger partial charge in [-0.2, -0.15) is 0 Å². The van der Waals surface area contributed by atoms with Crippen LogP contribution in [0.15, 0.2) is 78.9 Å². The van der Waals surface area contributed by atoms with Gasteiger partial charge in [0.25, 0.3) is 0 Å². The molecule has 0 spiro atoms. The Morgan fingerprint density at radius 1 is 0.778 bits per heavy atom. The lowest BCUT2D eigenvalue weighted by Crippen LogP contribution is -2.14. The number of Topliss-reactive ketones (excluding diaryl/α,β-unsaturated/α-hetero) is 1. The van der Waals surface area contributed by atoms with E-state index in [1.54, 1.807) is 24.3 Å². The number of para-hydroxylation sites is 2. The molecule has 0 heterocycles. The number of hydrogen-bond donors (Lipinski definition) is 1. The van der Waals surface area contributed by atoms with Crippen molar-refractivity contribution in [1.29, 1.82) is 0 Å². The highest BCUT2D eigenvalue weighted by Crippen LogP contribution is 2.21. The second kappa shape index (κ2) is 8.81. The van der Waals surface area contributed by atoms with Crippen LogP contribution in [0.4, 0.5) is 5.69 Å². The molecule has 0 aliphatic carbocycles. The maximum atomic E-state index is 12.3. The van der Waals surface area contributed by atoms with Crippen molar-refractivity contribution < 1.29 is 14.3 Å². The van der Waals surface area contributed by atoms with E-state index in [-0.39, 0.29) is 24.5 Å². The Morgan fingerprint density at radius 3 is 2.11 bits per heavy atom. The van der Waals surface area contributed by atoms with Crippen LogP contribution in [0.3, 0.4) is 0 Å². The maximum Gasteiger partial charge on any atom is 0.224 e. The highest BCUT2D eigenvalue weighted by molar-refractivity contribution is 6.00. The molecule has 0 fully saturated rings. The normalized spacial score (nSPS) is 10.3. The van der Waals surface area contributed by atoms with Gasteiger partial charge in [0.1, 0.15) is 11.5 Å². The number of nitrogens with one attached hydrogen (secondary N) is 1. The smallest absolute Gasteiger partial charge is 0.224 e. The molecule has 3 rings (SSSR count). The van der Waals surface area contributed by atoms with E-state index in [0.717, 1.165) is 17.0 Å². The molecule has 27 heavy (non-hydrogen) atoms. The predicted octanol–water partition coefficient (Wildman–Crippen LogP) is 5.39. The third-order valence-corrected chi connectivity index (χ3v) is 4.15. The molecule has 3 aromatic rings. The number of aryl methyl sites for hydroxylation is 1. The van der Waals surface area contributed by atoms with Crippen molar-refractivity contribution in [3.8, 4) is 11.5 Å². The van der Waals surface area contributed by atoms with Crippen molar-refractivity contribution in [2.75, 3.05) is 5.32 Å². The number of carbonyl (C=O) groups excluding carboxylic acids is 2. The minimum absolute atomic E-state index is 0.0683. The first-order valence-electron chi connectivity index (χ1n) is 8.83. The second-order valence-corrected chi connectivity index (χ2v) is 6.23. The minimum atomic E-state index is -0.165. The van der Waals surface area contributed by atoms with E-state index in [2.05, 4.69) is 5.32 Å². The first kappa shape index (κ1) is 18.4. The summed E-state index contributed by atoms with van der Waals surface area (Å²) in [6.07, 6.45) is 0.312. The van der Waals surface area contributed by atoms with Crippen LogP contribution in [0, 0.1) is 6.92 Å². The molecule has 0 atom stereocenters. The van der Waals surface area contributed by atoms with Crippen LogP contribution in [0.1, 0.15) is 28.8 Å². The van der Waals surface area contributed by atoms with E-state index in [1.807, 2.05) is 61.5 Å². The van der Waals surface area contributed by atoms with Crippen LogP contribution in [0.2, 0.25) is 0 Å². The fourth-order valence-corrected chi connectivity index (χ4v) is 2.63. The molecule has 0 saturated heterocycles. The lowest BCUT2D eigenvalue weighted by molar-refractivity contribution is -0.116. The lowest BCUT2D eigenvalue weighted by atomic mass is 10.1. The Morgan fingerprint density at radius 2 is 1.41 bits per heavy atom. The Balaban J connectivity index is 1.52. The Kier molecular flexibility index (Phi) is 6.00. The van der Waals surface area contributed by atoms with Gasteiger partial charge in [-0.3, -0.25) is 9.59 Å². The topological polar surface area (TPSA) is 55.4 Å². The SMILES string of the molecule is Cc1ccccc1NC(=O)CCC(=O)c1ccc(Oc2ccccc2)cc1. The van der Waals surface area contributed by atoms with Gasteiger partial charge < -0.3 is 10.1 Å². The van der Waals surface area contributed by atoms with Gasteiger partial charge in [-0.05, 0) is 55.0 Å². The molecule has 0 bridgehead atoms. The lowest BCUT2D eigenvalue weighted by Gasteiger charge is -2.08. The van der Waals surface area contributed by atoms with Crippen molar-refractivity contribution in [3.05, 3.63) is 90.0 Å². The van der Waals surface area contributed by atoms with Gasteiger partial charge in [-0.15, -0.1) is 0 Å². The summed E-state index contributed by atoms with van der Waals surface area (Å²) in [5.41, 5.74) is 2.34. The second-order valence-electron chi connectivity index (χ2n) is 6.23. The van der Waals surface area contributed by atoms with Crippen molar-refractivity contribution in [2.24, 2.45) is 0 Å². The molecule has 4 nitrogen and oxygen atoms in total. The van der Waals surface area contributed by atoms with E-state index in [9.17, 15) is 9.59 Å². The molecular weight excluding hydrogens is 338 g/mol. The van der Waals surface area contributed by atoms with Gasteiger partial charge in [-0.25, -0.2) is 0 Å². The summed E-state index contributed by atoms with van der Waals surface area (Å²) in [6.45, 7) is 1.93. The number of amides is 1. The average molecular weight is 359 g/mol. The predicted molar refractivity (Wildman–Crippen MR) is 106 cm³/mol. The first-order valence-corrected chi connectivity index (χ1v) is 8.83. The Hall–Kier alpha value is -3.40. The molecule has 136 valence electrons. The van der Waals surface area contributed by atoms with Crippen molar-refractivity contribution >= 4 is 17.4 Å². The van der Waals surface area contributed by atoms with E-state index < -0.39 is 0 Å². The van der Waals surface area contributed by atoms with Crippen LogP contribution in [0.25, 0.3) is 0 Å². The molecule has 3 aromatic carbocycles. The molecular formula is C23H21NO3. The maximum absolute atomic E-state index is 12.3. The molecule has 0 aliphatic heterocycles. The number of ketones is 1. The number of anilines is 1. The summed E-state index contributed by atoms with van der Waals surface area (Å²) in [5.74, 6) is 1.17. The monoisotopic (exact) mass is 359 g/mol. The highest BCUT2D eigenvalue weighted by atomic mass is 16.5. The van der Waals surface area contributed by atoms with Crippen LogP contribution in [0.5, 0.6) is 11.5 Å². The summed E-state index contributed by atoms with van der Waals surface area (Å²) in [5, 5.41) is 2.84. The number of hydrogen-bond acceptors (Lipinski definition) is 3. The first-order chi connectivity index (χ1) is 13.1. The summed E-state index contributed by atoms with van der Waals surface area (Å²) in [7, 11) is 0. The highest BCUT2D eigenvalue weighted by Gasteiger charge is 2.10. The number of benzene rings is 3. The van der Waals surface area contributed by atoms with E-state index in [1.165, 1.54) is 0 Å². The fraction of sp³-hybridized carbons (Fsp3) is 0.130. The zero-order chi connectivity index (χ0) is 19.1. The Labute approximate surface area is 158 Å². The van der Waals surface area contributed by atoms with Gasteiger partial charge in [0.2, 0.25) is 5.91 Å². The molecule has 0 aliphatic rings. The molecule has 0 aromatic heterocycles. The summed E-state index contributed by atoms with van der Waals surface area (Å²) in [6, 6.07) is 24.0. The van der Waals surface area contributed by atoms with Gasteiger partial charge in [0, 0.05) is 24.1 Å². The standard InChI is InChI=1S/C23H21NO3/c1-17-7-5-6-10-21(17)24-23(26)16-15-22(25)18-11-13-20(14-12-18)27-19-8-3-2-4-9-19/h2-14H,15-16H2,1H3,(H,24,26). The fourth-order valence-electron chi connectivity index (χ4n) is 2.63. The minimum Gasteiger partial charge on any atom is -0.457 e. The van der Waals surface area contributed by atoms with Crippen molar-refractivity contribution in [1.82, 2.24) is 0 Å². The van der Waals surface area contributed by atoms with Crippen LogP contribution in [-0.4, -0.2) is 11.7 Å². The van der Waals surface area contributed by atoms with E-state index >= 15 is 0 Å². The Bertz CT molecular complexity index is 918. The zero-order valence-electron chi connectivity index (χ0n) is 15.1. The quantitative estimate of drug-likeness (QED) is 0.576. The van der Waals surface area contributed by atoms with Crippen LogP contribution in [-0.2, 0) is 4.79 Å². The molecule has 1 amide bonds. The summed E-state index contributed by atoms with van der Waals surface area (Å²) >= 11 is 0. The molecule has 0 saturated carbocycles. The summed E-state index contributed by atoms with van der Waals surface area (Å²) < 4.78 is 5.71. The largest absolute Gasteiger partial charge is 0.457 e. The molecule has 4 heteroatoms. The molecule has 0 radical (unpaired) electrons. The number of ether oxygens (including phenoxy) is 1. The number of rotatable bonds is 7. The van der Waals surface area contributed by atoms with Crippen molar-refractivity contribution in [2.45, 2.75) is 19.8 Å². The third-order valence-electron chi connectivity index (χ3n) is 4.15. The average Bonchev–Trinajstić information content (AvgIpc) is 2.69. The van der Waals surface area contributed by atoms with Gasteiger partial charge in [0.05, 0.1) is 0 Å². The zero-order valence-corrected chi connectivity index (χ0v) is 15.1. The van der Waals surface area contributed by atoms with Gasteiger partial charge in [0.15, 0.2) is 5.78 Å². The van der Waals surface area contributed by atoms with Gasteiger partial charge >= 0.3 is 0 Å². The van der Waals surface area contributed by atoms with Crippen molar-refractivity contribution in [3.63, 3.8) is 0 Å². The van der Waals surface area contributed by atoms with Crippen LogP contribution < -0.4 is 10.1 Å². The molecule has 1 N–H and O–H groups in total.